The van der Waals surface area contributed by atoms with Crippen molar-refractivity contribution in [3.63, 3.8) is 0 Å². The van der Waals surface area contributed by atoms with E-state index in [2.05, 4.69) is 42.8 Å². The van der Waals surface area contributed by atoms with Crippen LogP contribution in [0.25, 0.3) is 0 Å². The predicted molar refractivity (Wildman–Crippen MR) is 68.9 cm³/mol. The van der Waals surface area contributed by atoms with E-state index in [1.54, 1.807) is 0 Å². The second-order valence-corrected chi connectivity index (χ2v) is 5.69. The van der Waals surface area contributed by atoms with Gasteiger partial charge in [0.05, 0.1) is 0 Å². The van der Waals surface area contributed by atoms with Gasteiger partial charge in [0.15, 0.2) is 0 Å². The molecule has 1 N–H and O–H groups in total. The summed E-state index contributed by atoms with van der Waals surface area (Å²) >= 11 is 3.43. The highest BCUT2D eigenvalue weighted by atomic mass is 79.9. The molecular formula is C13H19BrO. The van der Waals surface area contributed by atoms with Crippen LogP contribution in [0.3, 0.4) is 0 Å². The lowest BCUT2D eigenvalue weighted by atomic mass is 9.85. The molecule has 1 nitrogen and oxygen atoms in total. The summed E-state index contributed by atoms with van der Waals surface area (Å²) in [5, 5.41) is 10.8. The summed E-state index contributed by atoms with van der Waals surface area (Å²) < 4.78 is 0. The van der Waals surface area contributed by atoms with Crippen LogP contribution in [-0.2, 0) is 11.8 Å². The van der Waals surface area contributed by atoms with E-state index in [0.29, 0.717) is 5.75 Å². The Balaban J connectivity index is 2.95. The average Bonchev–Trinajstić information content (AvgIpc) is 2.15. The van der Waals surface area contributed by atoms with Gasteiger partial charge in [-0.25, -0.2) is 0 Å². The highest BCUT2D eigenvalue weighted by Crippen LogP contribution is 2.31. The molecule has 0 saturated carbocycles. The highest BCUT2D eigenvalue weighted by Gasteiger charge is 2.17. The number of hydrogen-bond donors (Lipinski definition) is 1. The Morgan fingerprint density at radius 3 is 2.47 bits per heavy atom. The van der Waals surface area contributed by atoms with Gasteiger partial charge in [0.1, 0.15) is 5.75 Å². The Morgan fingerprint density at radius 2 is 1.93 bits per heavy atom. The zero-order valence-corrected chi connectivity index (χ0v) is 11.3. The molecule has 1 aromatic carbocycles. The third kappa shape index (κ3) is 3.53. The molecule has 1 rings (SSSR count). The smallest absolute Gasteiger partial charge is 0.119 e. The third-order valence-corrected chi connectivity index (χ3v) is 3.03. The van der Waals surface area contributed by atoms with Crippen LogP contribution in [0, 0.1) is 0 Å². The van der Waals surface area contributed by atoms with Gasteiger partial charge < -0.3 is 5.11 Å². The fraction of sp³-hybridized carbons (Fsp3) is 0.538. The van der Waals surface area contributed by atoms with Crippen molar-refractivity contribution < 1.29 is 5.11 Å². The lowest BCUT2D eigenvalue weighted by molar-refractivity contribution is 0.446. The van der Waals surface area contributed by atoms with E-state index in [9.17, 15) is 5.11 Å². The molecule has 0 fully saturated rings. The molecule has 0 heterocycles. The summed E-state index contributed by atoms with van der Waals surface area (Å²) in [4.78, 5) is 0. The summed E-state index contributed by atoms with van der Waals surface area (Å²) in [6, 6.07) is 5.94. The maximum absolute atomic E-state index is 9.79. The highest BCUT2D eigenvalue weighted by molar-refractivity contribution is 9.09. The van der Waals surface area contributed by atoms with Crippen LogP contribution in [0.4, 0.5) is 0 Å². The van der Waals surface area contributed by atoms with Gasteiger partial charge in [-0.2, -0.15) is 0 Å². The van der Waals surface area contributed by atoms with E-state index >= 15 is 0 Å². The predicted octanol–water partition coefficient (Wildman–Crippen LogP) is 4.02. The Hall–Kier alpha value is -0.500. The molecule has 0 unspecified atom stereocenters. The fourth-order valence-corrected chi connectivity index (χ4v) is 1.89. The molecule has 0 aliphatic carbocycles. The van der Waals surface area contributed by atoms with Crippen LogP contribution < -0.4 is 0 Å². The van der Waals surface area contributed by atoms with Crippen molar-refractivity contribution in [2.24, 2.45) is 0 Å². The molecular weight excluding hydrogens is 252 g/mol. The van der Waals surface area contributed by atoms with Gasteiger partial charge in [0, 0.05) is 5.33 Å². The summed E-state index contributed by atoms with van der Waals surface area (Å²) in [5.74, 6) is 0.407. The van der Waals surface area contributed by atoms with Crippen molar-refractivity contribution in [1.82, 2.24) is 0 Å². The Labute approximate surface area is 101 Å². The largest absolute Gasteiger partial charge is 0.508 e. The molecule has 0 saturated heterocycles. The molecule has 2 heteroatoms. The van der Waals surface area contributed by atoms with Crippen LogP contribution in [-0.4, -0.2) is 10.4 Å². The molecule has 0 amide bonds. The van der Waals surface area contributed by atoms with Crippen molar-refractivity contribution in [3.8, 4) is 5.75 Å². The number of aryl methyl sites for hydroxylation is 1. The van der Waals surface area contributed by atoms with Gasteiger partial charge in [-0.3, -0.25) is 0 Å². The first kappa shape index (κ1) is 12.6. The van der Waals surface area contributed by atoms with Gasteiger partial charge in [-0.05, 0) is 35.4 Å². The van der Waals surface area contributed by atoms with E-state index in [1.165, 1.54) is 5.56 Å². The van der Waals surface area contributed by atoms with Crippen molar-refractivity contribution in [3.05, 3.63) is 29.3 Å². The number of phenols is 1. The van der Waals surface area contributed by atoms with Crippen molar-refractivity contribution in [1.29, 1.82) is 0 Å². The zero-order valence-electron chi connectivity index (χ0n) is 9.68. The van der Waals surface area contributed by atoms with Gasteiger partial charge in [-0.15, -0.1) is 0 Å². The molecule has 0 bridgehead atoms. The monoisotopic (exact) mass is 270 g/mol. The van der Waals surface area contributed by atoms with E-state index in [0.717, 1.165) is 23.7 Å². The maximum atomic E-state index is 9.79. The van der Waals surface area contributed by atoms with Crippen molar-refractivity contribution in [2.75, 3.05) is 5.33 Å². The Kier molecular flexibility index (Phi) is 4.21. The van der Waals surface area contributed by atoms with Crippen LogP contribution in [0.2, 0.25) is 0 Å². The van der Waals surface area contributed by atoms with Gasteiger partial charge >= 0.3 is 0 Å². The van der Waals surface area contributed by atoms with E-state index in [1.807, 2.05) is 12.1 Å². The molecule has 0 aliphatic heterocycles. The van der Waals surface area contributed by atoms with E-state index in [4.69, 9.17) is 0 Å². The van der Waals surface area contributed by atoms with Gasteiger partial charge in [0.25, 0.3) is 0 Å². The molecule has 0 spiro atoms. The standard InChI is InChI=1S/C13H19BrO/c1-13(2,3)11-9-10(5-4-8-14)6-7-12(11)15/h6-7,9,15H,4-5,8H2,1-3H3. The number of rotatable bonds is 3. The third-order valence-electron chi connectivity index (χ3n) is 2.47. The zero-order chi connectivity index (χ0) is 11.5. The first-order chi connectivity index (χ1) is 6.95. The Morgan fingerprint density at radius 1 is 1.27 bits per heavy atom. The van der Waals surface area contributed by atoms with Crippen LogP contribution in [0.5, 0.6) is 5.75 Å². The van der Waals surface area contributed by atoms with E-state index < -0.39 is 0 Å². The average molecular weight is 271 g/mol. The van der Waals surface area contributed by atoms with Gasteiger partial charge in [-0.1, -0.05) is 48.8 Å². The second kappa shape index (κ2) is 5.02. The number of aromatic hydroxyl groups is 1. The summed E-state index contributed by atoms with van der Waals surface area (Å²) in [7, 11) is 0. The molecule has 0 aromatic heterocycles. The molecule has 15 heavy (non-hydrogen) atoms. The minimum atomic E-state index is 0.00843. The summed E-state index contributed by atoms with van der Waals surface area (Å²) in [6.45, 7) is 6.36. The molecule has 0 radical (unpaired) electrons. The summed E-state index contributed by atoms with van der Waals surface area (Å²) in [6.07, 6.45) is 2.20. The van der Waals surface area contributed by atoms with Crippen LogP contribution in [0.15, 0.2) is 18.2 Å². The quantitative estimate of drug-likeness (QED) is 0.823. The van der Waals surface area contributed by atoms with Crippen molar-refractivity contribution in [2.45, 2.75) is 39.0 Å². The molecule has 84 valence electrons. The molecule has 0 aliphatic rings. The Bertz CT molecular complexity index is 326. The topological polar surface area (TPSA) is 20.2 Å². The van der Waals surface area contributed by atoms with E-state index in [-0.39, 0.29) is 5.41 Å². The number of hydrogen-bond acceptors (Lipinski definition) is 1. The molecule has 0 atom stereocenters. The molecule has 1 aromatic rings. The minimum Gasteiger partial charge on any atom is -0.508 e. The maximum Gasteiger partial charge on any atom is 0.119 e. The van der Waals surface area contributed by atoms with Gasteiger partial charge in [0.2, 0.25) is 0 Å². The second-order valence-electron chi connectivity index (χ2n) is 4.89. The fourth-order valence-electron chi connectivity index (χ4n) is 1.61. The lowest BCUT2D eigenvalue weighted by Crippen LogP contribution is -2.11. The number of halogens is 1. The SMILES string of the molecule is CC(C)(C)c1cc(CCCBr)ccc1O. The normalized spacial score (nSPS) is 11.7. The van der Waals surface area contributed by atoms with Crippen molar-refractivity contribution >= 4 is 15.9 Å². The first-order valence-corrected chi connectivity index (χ1v) is 6.45. The van der Waals surface area contributed by atoms with Crippen LogP contribution >= 0.6 is 15.9 Å². The number of alkyl halides is 1. The lowest BCUT2D eigenvalue weighted by Gasteiger charge is -2.21. The summed E-state index contributed by atoms with van der Waals surface area (Å²) in [5.41, 5.74) is 2.35. The number of benzene rings is 1. The number of phenolic OH excluding ortho intramolecular Hbond substituents is 1. The van der Waals surface area contributed by atoms with Crippen LogP contribution in [0.1, 0.15) is 38.3 Å². The minimum absolute atomic E-state index is 0.00843. The first-order valence-electron chi connectivity index (χ1n) is 5.33.